The quantitative estimate of drug-likeness (QED) is 0.149. The molecule has 0 fully saturated rings. The van der Waals surface area contributed by atoms with E-state index in [4.69, 9.17) is 4.42 Å². The summed E-state index contributed by atoms with van der Waals surface area (Å²) in [5, 5.41) is 5.01. The average molecular weight is 601 g/mol. The maximum absolute atomic E-state index is 6.68. The topological polar surface area (TPSA) is 21.3 Å². The maximum Gasteiger partial charge on any atom is 0.333 e. The molecule has 6 aromatic carbocycles. The van der Waals surface area contributed by atoms with Crippen LogP contribution in [0.3, 0.4) is 0 Å². The predicted octanol–water partition coefficient (Wildman–Crippen LogP) is 9.56. The Hall–Kier alpha value is -4.52. The lowest BCUT2D eigenvalue weighted by molar-refractivity contribution is 0.669. The van der Waals surface area contributed by atoms with Gasteiger partial charge in [-0.25, -0.2) is 0 Å². The molecule has 0 amide bonds. The Morgan fingerprint density at radius 2 is 1.41 bits per heavy atom. The van der Waals surface area contributed by atoms with Crippen LogP contribution in [0.4, 0.5) is 17.1 Å². The number of benzene rings is 6. The van der Waals surface area contributed by atoms with E-state index in [1.165, 1.54) is 75.8 Å². The molecule has 0 spiro atoms. The molecular weight excluding hydrogens is 575 g/mol. The minimum absolute atomic E-state index is 0.0157. The van der Waals surface area contributed by atoms with E-state index in [2.05, 4.69) is 137 Å². The Morgan fingerprint density at radius 3 is 2.27 bits per heavy atom. The molecule has 2 aliphatic rings. The zero-order valence-corrected chi connectivity index (χ0v) is 25.8. The Morgan fingerprint density at radius 1 is 0.636 bits per heavy atom. The predicted molar refractivity (Wildman–Crippen MR) is 191 cm³/mol. The van der Waals surface area contributed by atoms with Crippen LogP contribution in [0.15, 0.2) is 129 Å². The van der Waals surface area contributed by atoms with Crippen LogP contribution in [-0.2, 0) is 0 Å². The van der Waals surface area contributed by atoms with E-state index in [0.29, 0.717) is 0 Å². The van der Waals surface area contributed by atoms with Gasteiger partial charge in [-0.1, -0.05) is 54.6 Å². The average Bonchev–Trinajstić information content (AvgIpc) is 3.61. The van der Waals surface area contributed by atoms with Crippen molar-refractivity contribution >= 4 is 102 Å². The summed E-state index contributed by atoms with van der Waals surface area (Å²) in [6.07, 6.45) is 4.35. The molecule has 8 aromatic rings. The number of nitrogens with zero attached hydrogens (tertiary/aromatic N) is 2. The molecule has 2 aliphatic heterocycles. The van der Waals surface area contributed by atoms with E-state index in [-0.39, 0.29) is 6.85 Å². The van der Waals surface area contributed by atoms with Gasteiger partial charge in [-0.3, -0.25) is 0 Å². The van der Waals surface area contributed by atoms with Gasteiger partial charge >= 0.3 is 6.85 Å². The number of para-hydroxylation sites is 3. The SMILES string of the molecule is CSc1ccc2c(c1)c1cc(SC)cc3c1n2B1c2ccccc2N(c2ccccc2)c2cc4oc5ccccc5c4c-3c21. The van der Waals surface area contributed by atoms with Crippen LogP contribution < -0.4 is 15.8 Å². The summed E-state index contributed by atoms with van der Waals surface area (Å²) in [6, 6.07) is 42.3. The first-order chi connectivity index (χ1) is 21.7. The zero-order chi connectivity index (χ0) is 29.1. The highest BCUT2D eigenvalue weighted by Crippen LogP contribution is 2.50. The molecule has 0 radical (unpaired) electrons. The van der Waals surface area contributed by atoms with Crippen molar-refractivity contribution in [3.8, 4) is 11.1 Å². The van der Waals surface area contributed by atoms with Gasteiger partial charge in [-0.05, 0) is 83.6 Å². The molecule has 0 bridgehead atoms. The van der Waals surface area contributed by atoms with E-state index in [0.717, 1.165) is 16.9 Å². The van der Waals surface area contributed by atoms with Crippen LogP contribution in [0.25, 0.3) is 54.9 Å². The van der Waals surface area contributed by atoms with Gasteiger partial charge in [0.2, 0.25) is 0 Å². The zero-order valence-electron chi connectivity index (χ0n) is 24.2. The number of hydrogen-bond donors (Lipinski definition) is 0. The highest BCUT2D eigenvalue weighted by molar-refractivity contribution is 7.98. The standard InChI is InChI=1S/C38H25BN2OS2/c1-43-23-16-17-30-26(18-23)27-19-24(44-2)20-28-36-35-25-12-6-9-15-33(25)42-34(35)21-32-37(36)39(41(30)38(27)28)29-13-7-8-14-31(29)40(32)22-10-4-3-5-11-22/h3-21H,1-2H3. The highest BCUT2D eigenvalue weighted by atomic mass is 32.2. The third-order valence-electron chi connectivity index (χ3n) is 9.53. The Balaban J connectivity index is 1.48. The number of thioether (sulfide) groups is 2. The second-order valence-corrected chi connectivity index (χ2v) is 13.4. The summed E-state index contributed by atoms with van der Waals surface area (Å²) in [7, 11) is 0. The Bertz CT molecular complexity index is 2500. The lowest BCUT2D eigenvalue weighted by Crippen LogP contribution is -2.56. The minimum Gasteiger partial charge on any atom is -0.456 e. The molecule has 0 saturated carbocycles. The fraction of sp³-hybridized carbons (Fsp3) is 0.0526. The summed E-state index contributed by atoms with van der Waals surface area (Å²) in [6.45, 7) is 0.0157. The molecule has 0 unspecified atom stereocenters. The van der Waals surface area contributed by atoms with Gasteiger partial charge < -0.3 is 13.8 Å². The van der Waals surface area contributed by atoms with E-state index in [9.17, 15) is 0 Å². The first-order valence-electron chi connectivity index (χ1n) is 14.9. The molecule has 10 rings (SSSR count). The molecule has 2 aromatic heterocycles. The smallest absolute Gasteiger partial charge is 0.333 e. The fourth-order valence-electron chi connectivity index (χ4n) is 7.80. The third-order valence-corrected chi connectivity index (χ3v) is 11.0. The summed E-state index contributed by atoms with van der Waals surface area (Å²) in [5.41, 5.74) is 13.2. The first kappa shape index (κ1) is 24.9. The molecular formula is C38H25BN2OS2. The second kappa shape index (κ2) is 9.01. The Kier molecular flexibility index (Phi) is 5.09. The van der Waals surface area contributed by atoms with Crippen LogP contribution in [-0.4, -0.2) is 23.8 Å². The highest BCUT2D eigenvalue weighted by Gasteiger charge is 2.44. The van der Waals surface area contributed by atoms with Crippen molar-refractivity contribution in [3.63, 3.8) is 0 Å². The van der Waals surface area contributed by atoms with Crippen molar-refractivity contribution in [3.05, 3.63) is 115 Å². The number of fused-ring (bicyclic) bond motifs is 11. The van der Waals surface area contributed by atoms with Crippen molar-refractivity contribution in [1.82, 2.24) is 4.48 Å². The van der Waals surface area contributed by atoms with Gasteiger partial charge in [0.15, 0.2) is 0 Å². The van der Waals surface area contributed by atoms with E-state index < -0.39 is 0 Å². The summed E-state index contributed by atoms with van der Waals surface area (Å²) >= 11 is 3.62. The van der Waals surface area contributed by atoms with Crippen molar-refractivity contribution in [2.45, 2.75) is 9.79 Å². The van der Waals surface area contributed by atoms with E-state index in [1.54, 1.807) is 11.8 Å². The lowest BCUT2D eigenvalue weighted by atomic mass is 9.45. The molecule has 0 aliphatic carbocycles. The van der Waals surface area contributed by atoms with Gasteiger partial charge in [0, 0.05) is 71.1 Å². The second-order valence-electron chi connectivity index (χ2n) is 11.6. The number of rotatable bonds is 3. The normalized spacial score (nSPS) is 13.3. The molecule has 44 heavy (non-hydrogen) atoms. The third kappa shape index (κ3) is 3.12. The summed E-state index contributed by atoms with van der Waals surface area (Å²) in [4.78, 5) is 5.00. The monoisotopic (exact) mass is 600 g/mol. The molecule has 0 atom stereocenters. The summed E-state index contributed by atoms with van der Waals surface area (Å²) < 4.78 is 9.31. The van der Waals surface area contributed by atoms with Crippen LogP contribution in [0, 0.1) is 0 Å². The van der Waals surface area contributed by atoms with E-state index in [1.807, 2.05) is 11.8 Å². The van der Waals surface area contributed by atoms with Gasteiger partial charge in [-0.15, -0.1) is 23.5 Å². The number of anilines is 3. The molecule has 0 saturated heterocycles. The van der Waals surface area contributed by atoms with Crippen molar-refractivity contribution in [2.75, 3.05) is 17.4 Å². The van der Waals surface area contributed by atoms with Crippen molar-refractivity contribution < 1.29 is 4.42 Å². The van der Waals surface area contributed by atoms with Crippen LogP contribution in [0.5, 0.6) is 0 Å². The van der Waals surface area contributed by atoms with E-state index >= 15 is 0 Å². The molecule has 6 heteroatoms. The van der Waals surface area contributed by atoms with Gasteiger partial charge in [0.05, 0.1) is 0 Å². The Labute approximate surface area is 263 Å². The maximum atomic E-state index is 6.68. The largest absolute Gasteiger partial charge is 0.456 e. The van der Waals surface area contributed by atoms with Gasteiger partial charge in [0.1, 0.15) is 11.2 Å². The fourth-order valence-corrected chi connectivity index (χ4v) is 8.71. The molecule has 3 nitrogen and oxygen atoms in total. The number of furan rings is 1. The van der Waals surface area contributed by atoms with Crippen LogP contribution in [0.1, 0.15) is 0 Å². The first-order valence-corrected chi connectivity index (χ1v) is 17.3. The van der Waals surface area contributed by atoms with Crippen molar-refractivity contribution in [2.24, 2.45) is 0 Å². The lowest BCUT2D eigenvalue weighted by Gasteiger charge is -2.40. The van der Waals surface area contributed by atoms with Crippen LogP contribution in [0.2, 0.25) is 0 Å². The van der Waals surface area contributed by atoms with Crippen molar-refractivity contribution in [1.29, 1.82) is 0 Å². The summed E-state index contributed by atoms with van der Waals surface area (Å²) in [5.74, 6) is 0. The number of aromatic nitrogens is 1. The molecule has 208 valence electrons. The van der Waals surface area contributed by atoms with Gasteiger partial charge in [0.25, 0.3) is 0 Å². The molecule has 0 N–H and O–H groups in total. The number of hydrogen-bond acceptors (Lipinski definition) is 4. The molecule has 4 heterocycles. The minimum atomic E-state index is 0.0157. The van der Waals surface area contributed by atoms with Gasteiger partial charge in [-0.2, -0.15) is 0 Å². The van der Waals surface area contributed by atoms with Crippen LogP contribution >= 0.6 is 23.5 Å².